The SMILES string of the molecule is CC1CC(=O)C(CN(C)C(C)c2ccccc2Cl)C(C)C1. The molecule has 1 aromatic carbocycles. The maximum atomic E-state index is 12.3. The molecule has 4 unspecified atom stereocenters. The van der Waals surface area contributed by atoms with Crippen LogP contribution in [0.5, 0.6) is 0 Å². The van der Waals surface area contributed by atoms with Gasteiger partial charge < -0.3 is 0 Å². The van der Waals surface area contributed by atoms with Crippen molar-refractivity contribution >= 4 is 17.4 Å². The van der Waals surface area contributed by atoms with Crippen molar-refractivity contribution in [2.45, 2.75) is 39.7 Å². The molecule has 1 aliphatic rings. The summed E-state index contributed by atoms with van der Waals surface area (Å²) < 4.78 is 0. The lowest BCUT2D eigenvalue weighted by Gasteiger charge is -2.36. The van der Waals surface area contributed by atoms with Gasteiger partial charge in [-0.15, -0.1) is 0 Å². The van der Waals surface area contributed by atoms with Gasteiger partial charge in [-0.3, -0.25) is 9.69 Å². The number of carbonyl (C=O) groups excluding carboxylic acids is 1. The van der Waals surface area contributed by atoms with E-state index in [9.17, 15) is 4.79 Å². The van der Waals surface area contributed by atoms with E-state index in [1.54, 1.807) is 0 Å². The van der Waals surface area contributed by atoms with Gasteiger partial charge >= 0.3 is 0 Å². The molecule has 4 atom stereocenters. The fraction of sp³-hybridized carbons (Fsp3) is 0.611. The van der Waals surface area contributed by atoms with Gasteiger partial charge in [0.05, 0.1) is 0 Å². The summed E-state index contributed by atoms with van der Waals surface area (Å²) in [6.07, 6.45) is 1.90. The van der Waals surface area contributed by atoms with Gasteiger partial charge in [0.2, 0.25) is 0 Å². The standard InChI is InChI=1S/C18H26ClNO/c1-12-9-13(2)16(18(21)10-12)11-20(4)14(3)15-7-5-6-8-17(15)19/h5-8,12-14,16H,9-11H2,1-4H3. The third-order valence-electron chi connectivity index (χ3n) is 4.93. The number of hydrogen-bond donors (Lipinski definition) is 0. The third kappa shape index (κ3) is 3.87. The zero-order valence-corrected chi connectivity index (χ0v) is 14.2. The van der Waals surface area contributed by atoms with Crippen molar-refractivity contribution in [2.24, 2.45) is 17.8 Å². The van der Waals surface area contributed by atoms with Gasteiger partial charge in [-0.2, -0.15) is 0 Å². The second-order valence-electron chi connectivity index (χ2n) is 6.73. The minimum absolute atomic E-state index is 0.163. The van der Waals surface area contributed by atoms with E-state index in [1.807, 2.05) is 18.2 Å². The van der Waals surface area contributed by atoms with E-state index >= 15 is 0 Å². The van der Waals surface area contributed by atoms with Crippen LogP contribution in [0.4, 0.5) is 0 Å². The van der Waals surface area contributed by atoms with Crippen molar-refractivity contribution in [3.8, 4) is 0 Å². The lowest BCUT2D eigenvalue weighted by molar-refractivity contribution is -0.128. The molecule has 116 valence electrons. The minimum atomic E-state index is 0.163. The molecule has 1 saturated carbocycles. The van der Waals surface area contributed by atoms with E-state index in [0.717, 1.165) is 30.0 Å². The first-order chi connectivity index (χ1) is 9.90. The van der Waals surface area contributed by atoms with E-state index in [1.165, 1.54) is 0 Å². The molecule has 0 heterocycles. The van der Waals surface area contributed by atoms with Crippen molar-refractivity contribution in [1.29, 1.82) is 0 Å². The average molecular weight is 308 g/mol. The number of hydrogen-bond acceptors (Lipinski definition) is 2. The number of halogens is 1. The summed E-state index contributed by atoms with van der Waals surface area (Å²) in [6, 6.07) is 8.18. The Kier molecular flexibility index (Phi) is 5.45. The zero-order valence-electron chi connectivity index (χ0n) is 13.5. The van der Waals surface area contributed by atoms with E-state index < -0.39 is 0 Å². The summed E-state index contributed by atoms with van der Waals surface area (Å²) >= 11 is 6.29. The second-order valence-corrected chi connectivity index (χ2v) is 7.14. The van der Waals surface area contributed by atoms with Crippen LogP contribution in [-0.2, 0) is 4.79 Å². The number of Topliss-reactive ketones (excluding diaryl/α,β-unsaturated/α-hetero) is 1. The van der Waals surface area contributed by atoms with E-state index in [0.29, 0.717) is 17.6 Å². The number of nitrogens with zero attached hydrogens (tertiary/aromatic N) is 1. The highest BCUT2D eigenvalue weighted by Crippen LogP contribution is 2.33. The molecule has 1 aliphatic carbocycles. The lowest BCUT2D eigenvalue weighted by atomic mass is 9.74. The largest absolute Gasteiger partial charge is 0.299 e. The number of ketones is 1. The molecule has 1 aromatic rings. The van der Waals surface area contributed by atoms with Crippen LogP contribution in [0, 0.1) is 17.8 Å². The maximum absolute atomic E-state index is 12.3. The van der Waals surface area contributed by atoms with Gasteiger partial charge in [0.1, 0.15) is 5.78 Å². The van der Waals surface area contributed by atoms with Crippen LogP contribution >= 0.6 is 11.6 Å². The summed E-state index contributed by atoms with van der Waals surface area (Å²) in [6.45, 7) is 7.37. The summed E-state index contributed by atoms with van der Waals surface area (Å²) in [5, 5.41) is 0.800. The summed E-state index contributed by atoms with van der Waals surface area (Å²) in [7, 11) is 2.09. The first-order valence-electron chi connectivity index (χ1n) is 7.87. The molecule has 0 bridgehead atoms. The first kappa shape index (κ1) is 16.5. The maximum Gasteiger partial charge on any atom is 0.137 e. The van der Waals surface area contributed by atoms with E-state index in [-0.39, 0.29) is 12.0 Å². The number of carbonyl (C=O) groups is 1. The Morgan fingerprint density at radius 1 is 1.33 bits per heavy atom. The number of benzene rings is 1. The van der Waals surface area contributed by atoms with Crippen LogP contribution in [0.2, 0.25) is 5.02 Å². The van der Waals surface area contributed by atoms with Crippen molar-refractivity contribution in [3.05, 3.63) is 34.9 Å². The molecule has 21 heavy (non-hydrogen) atoms. The quantitative estimate of drug-likeness (QED) is 0.811. The summed E-state index contributed by atoms with van der Waals surface area (Å²) in [5.74, 6) is 1.60. The molecule has 0 saturated heterocycles. The fourth-order valence-corrected chi connectivity index (χ4v) is 3.79. The lowest BCUT2D eigenvalue weighted by Crippen LogP contribution is -2.39. The van der Waals surface area contributed by atoms with Gasteiger partial charge in [0, 0.05) is 29.9 Å². The molecule has 3 heteroatoms. The molecule has 0 amide bonds. The predicted octanol–water partition coefficient (Wildman–Crippen LogP) is 4.58. The highest BCUT2D eigenvalue weighted by Gasteiger charge is 2.33. The van der Waals surface area contributed by atoms with Crippen LogP contribution in [0.3, 0.4) is 0 Å². The molecule has 0 radical (unpaired) electrons. The van der Waals surface area contributed by atoms with Crippen molar-refractivity contribution in [3.63, 3.8) is 0 Å². The molecule has 0 aromatic heterocycles. The van der Waals surface area contributed by atoms with Crippen LogP contribution in [-0.4, -0.2) is 24.3 Å². The second kappa shape index (κ2) is 6.93. The first-order valence-corrected chi connectivity index (χ1v) is 8.25. The van der Waals surface area contributed by atoms with Gasteiger partial charge in [-0.05, 0) is 43.9 Å². The molecular formula is C18H26ClNO. The molecule has 0 aliphatic heterocycles. The van der Waals surface area contributed by atoms with Crippen molar-refractivity contribution < 1.29 is 4.79 Å². The molecular weight excluding hydrogens is 282 g/mol. The normalized spacial score (nSPS) is 27.9. The van der Waals surface area contributed by atoms with E-state index in [4.69, 9.17) is 11.6 Å². The monoisotopic (exact) mass is 307 g/mol. The highest BCUT2D eigenvalue weighted by atomic mass is 35.5. The predicted molar refractivity (Wildman–Crippen MR) is 88.6 cm³/mol. The topological polar surface area (TPSA) is 20.3 Å². The highest BCUT2D eigenvalue weighted by molar-refractivity contribution is 6.31. The smallest absolute Gasteiger partial charge is 0.137 e. The fourth-order valence-electron chi connectivity index (χ4n) is 3.50. The van der Waals surface area contributed by atoms with Gasteiger partial charge in [0.15, 0.2) is 0 Å². The summed E-state index contributed by atoms with van der Waals surface area (Å²) in [4.78, 5) is 14.6. The van der Waals surface area contributed by atoms with Gasteiger partial charge in [0.25, 0.3) is 0 Å². The Morgan fingerprint density at radius 3 is 2.62 bits per heavy atom. The molecule has 2 nitrogen and oxygen atoms in total. The Hall–Kier alpha value is -0.860. The minimum Gasteiger partial charge on any atom is -0.299 e. The Morgan fingerprint density at radius 2 is 2.00 bits per heavy atom. The Labute approximate surface area is 133 Å². The van der Waals surface area contributed by atoms with Crippen LogP contribution < -0.4 is 0 Å². The van der Waals surface area contributed by atoms with E-state index in [2.05, 4.69) is 38.8 Å². The van der Waals surface area contributed by atoms with Gasteiger partial charge in [-0.1, -0.05) is 43.6 Å². The third-order valence-corrected chi connectivity index (χ3v) is 5.27. The summed E-state index contributed by atoms with van der Waals surface area (Å²) in [5.41, 5.74) is 1.13. The average Bonchev–Trinajstić information content (AvgIpc) is 2.42. The molecule has 0 spiro atoms. The Bertz CT molecular complexity index is 502. The van der Waals surface area contributed by atoms with Crippen molar-refractivity contribution in [1.82, 2.24) is 4.90 Å². The van der Waals surface area contributed by atoms with Gasteiger partial charge in [-0.25, -0.2) is 0 Å². The zero-order chi connectivity index (χ0) is 15.6. The molecule has 2 rings (SSSR count). The van der Waals surface area contributed by atoms with Crippen LogP contribution in [0.25, 0.3) is 0 Å². The number of rotatable bonds is 4. The van der Waals surface area contributed by atoms with Crippen molar-refractivity contribution in [2.75, 3.05) is 13.6 Å². The molecule has 1 fully saturated rings. The molecule has 0 N–H and O–H groups in total. The Balaban J connectivity index is 2.05. The van der Waals surface area contributed by atoms with Crippen LogP contribution in [0.1, 0.15) is 45.2 Å². The van der Waals surface area contributed by atoms with Crippen LogP contribution in [0.15, 0.2) is 24.3 Å².